The van der Waals surface area contributed by atoms with Gasteiger partial charge in [-0.25, -0.2) is 0 Å². The van der Waals surface area contributed by atoms with Crippen molar-refractivity contribution in [2.24, 2.45) is 0 Å². The van der Waals surface area contributed by atoms with Crippen molar-refractivity contribution in [3.8, 4) is 0 Å². The van der Waals surface area contributed by atoms with Gasteiger partial charge in [0.15, 0.2) is 0 Å². The molecule has 0 aromatic heterocycles. The summed E-state index contributed by atoms with van der Waals surface area (Å²) in [6.45, 7) is 3.36. The molecule has 0 aromatic rings. The molecule has 16 heavy (non-hydrogen) atoms. The zero-order valence-electron chi connectivity index (χ0n) is 9.86. The first-order chi connectivity index (χ1) is 7.65. The number of likely N-dealkylation sites (N-methyl/N-ethyl adjacent to an activating group) is 1. The van der Waals surface area contributed by atoms with Crippen LogP contribution in [0.15, 0.2) is 0 Å². The van der Waals surface area contributed by atoms with E-state index in [9.17, 15) is 9.59 Å². The molecule has 0 atom stereocenters. The molecule has 6 heteroatoms. The smallest absolute Gasteiger partial charge is 0.242 e. The Morgan fingerprint density at radius 3 is 2.56 bits per heavy atom. The molecule has 92 valence electrons. The van der Waals surface area contributed by atoms with Gasteiger partial charge in [0.25, 0.3) is 0 Å². The molecular formula is C10H19N3O2S. The zero-order valence-corrected chi connectivity index (χ0v) is 10.7. The highest BCUT2D eigenvalue weighted by Gasteiger charge is 2.19. The van der Waals surface area contributed by atoms with E-state index >= 15 is 0 Å². The van der Waals surface area contributed by atoms with E-state index in [1.807, 2.05) is 6.26 Å². The molecule has 0 bridgehead atoms. The van der Waals surface area contributed by atoms with Crippen LogP contribution in [0, 0.1) is 0 Å². The highest BCUT2D eigenvalue weighted by Crippen LogP contribution is 1.99. The van der Waals surface area contributed by atoms with Crippen LogP contribution in [0.1, 0.15) is 0 Å². The van der Waals surface area contributed by atoms with Crippen molar-refractivity contribution >= 4 is 23.6 Å². The predicted molar refractivity (Wildman–Crippen MR) is 65.5 cm³/mol. The molecule has 0 unspecified atom stereocenters. The van der Waals surface area contributed by atoms with Crippen LogP contribution in [0.25, 0.3) is 0 Å². The number of hydrogen-bond donors (Lipinski definition) is 1. The number of hydrogen-bond acceptors (Lipinski definition) is 4. The first-order valence-electron chi connectivity index (χ1n) is 5.36. The zero-order chi connectivity index (χ0) is 12.0. The maximum Gasteiger partial charge on any atom is 0.242 e. The third kappa shape index (κ3) is 4.02. The molecule has 0 aliphatic carbocycles. The summed E-state index contributed by atoms with van der Waals surface area (Å²) in [5.74, 6) is 0.486. The normalized spacial score (nSPS) is 16.0. The molecule has 0 saturated carbocycles. The van der Waals surface area contributed by atoms with Crippen molar-refractivity contribution in [1.29, 1.82) is 0 Å². The van der Waals surface area contributed by atoms with Gasteiger partial charge in [0.1, 0.15) is 0 Å². The Hall–Kier alpha value is -0.750. The lowest BCUT2D eigenvalue weighted by Crippen LogP contribution is -2.50. The highest BCUT2D eigenvalue weighted by atomic mass is 32.2. The topological polar surface area (TPSA) is 52.7 Å². The number of amides is 2. The van der Waals surface area contributed by atoms with Crippen molar-refractivity contribution in [2.45, 2.75) is 0 Å². The third-order valence-corrected chi connectivity index (χ3v) is 3.07. The van der Waals surface area contributed by atoms with Crippen molar-refractivity contribution in [1.82, 2.24) is 15.1 Å². The van der Waals surface area contributed by atoms with Crippen LogP contribution >= 0.6 is 11.8 Å². The summed E-state index contributed by atoms with van der Waals surface area (Å²) in [6.07, 6.45) is 1.88. The molecule has 0 aromatic carbocycles. The highest BCUT2D eigenvalue weighted by molar-refractivity contribution is 7.99. The number of piperazine rings is 1. The fourth-order valence-electron chi connectivity index (χ4n) is 1.54. The Morgan fingerprint density at radius 2 is 2.00 bits per heavy atom. The van der Waals surface area contributed by atoms with E-state index in [0.29, 0.717) is 5.75 Å². The molecule has 1 N–H and O–H groups in total. The summed E-state index contributed by atoms with van der Waals surface area (Å²) in [5, 5.41) is 3.19. The summed E-state index contributed by atoms with van der Waals surface area (Å²) in [5.41, 5.74) is 0. The fourth-order valence-corrected chi connectivity index (χ4v) is 2.01. The fraction of sp³-hybridized carbons (Fsp3) is 0.800. The second-order valence-electron chi connectivity index (χ2n) is 3.81. The second-order valence-corrected chi connectivity index (χ2v) is 4.68. The monoisotopic (exact) mass is 245 g/mol. The molecule has 1 saturated heterocycles. The summed E-state index contributed by atoms with van der Waals surface area (Å²) in [7, 11) is 1.68. The van der Waals surface area contributed by atoms with Gasteiger partial charge in [0.2, 0.25) is 11.8 Å². The summed E-state index contributed by atoms with van der Waals surface area (Å²) >= 11 is 1.47. The Morgan fingerprint density at radius 1 is 1.38 bits per heavy atom. The second kappa shape index (κ2) is 6.75. The molecule has 0 spiro atoms. The van der Waals surface area contributed by atoms with Gasteiger partial charge in [-0.05, 0) is 6.26 Å². The van der Waals surface area contributed by atoms with Crippen LogP contribution in [0.5, 0.6) is 0 Å². The Bertz CT molecular complexity index is 254. The van der Waals surface area contributed by atoms with Crippen molar-refractivity contribution < 1.29 is 9.59 Å². The standard InChI is InChI=1S/C10H19N3O2S/c1-12(10(15)8-16-2)7-9(14)13-5-3-11-4-6-13/h11H,3-8H2,1-2H3. The van der Waals surface area contributed by atoms with E-state index in [0.717, 1.165) is 26.2 Å². The number of thioether (sulfide) groups is 1. The third-order valence-electron chi connectivity index (χ3n) is 2.54. The number of nitrogens with zero attached hydrogens (tertiary/aromatic N) is 2. The van der Waals surface area contributed by atoms with Crippen LogP contribution in [0.3, 0.4) is 0 Å². The van der Waals surface area contributed by atoms with Gasteiger partial charge in [0.05, 0.1) is 12.3 Å². The Kier molecular flexibility index (Phi) is 5.62. The summed E-state index contributed by atoms with van der Waals surface area (Å²) in [4.78, 5) is 26.6. The minimum Gasteiger partial charge on any atom is -0.339 e. The molecular weight excluding hydrogens is 226 g/mol. The van der Waals surface area contributed by atoms with Gasteiger partial charge in [-0.15, -0.1) is 0 Å². The van der Waals surface area contributed by atoms with Crippen LogP contribution in [0.4, 0.5) is 0 Å². The molecule has 1 aliphatic rings. The average Bonchev–Trinajstić information content (AvgIpc) is 2.30. The Labute approximate surface area is 101 Å². The van der Waals surface area contributed by atoms with Gasteiger partial charge >= 0.3 is 0 Å². The molecule has 1 heterocycles. The predicted octanol–water partition coefficient (Wildman–Crippen LogP) is -0.760. The van der Waals surface area contributed by atoms with Crippen molar-refractivity contribution in [3.05, 3.63) is 0 Å². The maximum atomic E-state index is 11.8. The van der Waals surface area contributed by atoms with Gasteiger partial charge in [-0.1, -0.05) is 0 Å². The lowest BCUT2D eigenvalue weighted by Gasteiger charge is -2.29. The van der Waals surface area contributed by atoms with E-state index in [2.05, 4.69) is 5.32 Å². The first-order valence-corrected chi connectivity index (χ1v) is 6.76. The molecule has 0 radical (unpaired) electrons. The lowest BCUT2D eigenvalue weighted by atomic mass is 10.3. The van der Waals surface area contributed by atoms with Crippen LogP contribution in [-0.2, 0) is 9.59 Å². The SMILES string of the molecule is CSCC(=O)N(C)CC(=O)N1CCNCC1. The van der Waals surface area contributed by atoms with E-state index in [-0.39, 0.29) is 18.4 Å². The van der Waals surface area contributed by atoms with Crippen LogP contribution < -0.4 is 5.32 Å². The van der Waals surface area contributed by atoms with E-state index < -0.39 is 0 Å². The number of rotatable bonds is 4. The van der Waals surface area contributed by atoms with E-state index in [1.54, 1.807) is 11.9 Å². The van der Waals surface area contributed by atoms with Crippen LogP contribution in [0.2, 0.25) is 0 Å². The summed E-state index contributed by atoms with van der Waals surface area (Å²) < 4.78 is 0. The number of nitrogens with one attached hydrogen (secondary N) is 1. The molecule has 1 fully saturated rings. The molecule has 2 amide bonds. The van der Waals surface area contributed by atoms with E-state index in [4.69, 9.17) is 0 Å². The van der Waals surface area contributed by atoms with Gasteiger partial charge in [0, 0.05) is 33.2 Å². The quantitative estimate of drug-likeness (QED) is 0.707. The average molecular weight is 245 g/mol. The van der Waals surface area contributed by atoms with E-state index in [1.165, 1.54) is 16.7 Å². The minimum atomic E-state index is 0.0102. The van der Waals surface area contributed by atoms with Crippen molar-refractivity contribution in [2.75, 3.05) is 51.8 Å². The lowest BCUT2D eigenvalue weighted by molar-refractivity contribution is -0.138. The van der Waals surface area contributed by atoms with Crippen LogP contribution in [-0.4, -0.2) is 73.4 Å². The van der Waals surface area contributed by atoms with Gasteiger partial charge in [-0.3, -0.25) is 9.59 Å². The number of carbonyl (C=O) groups excluding carboxylic acids is 2. The van der Waals surface area contributed by atoms with Gasteiger partial charge in [-0.2, -0.15) is 11.8 Å². The number of carbonyl (C=O) groups is 2. The molecule has 5 nitrogen and oxygen atoms in total. The largest absolute Gasteiger partial charge is 0.339 e. The first kappa shape index (κ1) is 13.3. The molecule has 1 aliphatic heterocycles. The Balaban J connectivity index is 2.34. The molecule has 1 rings (SSSR count). The van der Waals surface area contributed by atoms with Gasteiger partial charge < -0.3 is 15.1 Å². The minimum absolute atomic E-state index is 0.0102. The maximum absolute atomic E-state index is 11.8. The summed E-state index contributed by atoms with van der Waals surface area (Å²) in [6, 6.07) is 0. The van der Waals surface area contributed by atoms with Crippen molar-refractivity contribution in [3.63, 3.8) is 0 Å².